The fraction of sp³-hybridized carbons (Fsp3) is 0.909. The molecule has 0 aromatic heterocycles. The summed E-state index contributed by atoms with van der Waals surface area (Å²) in [5.74, 6) is -0.651. The van der Waals surface area contributed by atoms with Crippen LogP contribution >= 0.6 is 8.69 Å². The first-order valence-corrected chi connectivity index (χ1v) is 12.4. The Morgan fingerprint density at radius 2 is 1.30 bits per heavy atom. The second-order valence-electron chi connectivity index (χ2n) is 7.70. The quantitative estimate of drug-likeness (QED) is 0.133. The van der Waals surface area contributed by atoms with E-state index in [0.717, 1.165) is 57.9 Å². The summed E-state index contributed by atoms with van der Waals surface area (Å²) in [6, 6.07) is 0. The first kappa shape index (κ1) is 29.0. The van der Waals surface area contributed by atoms with Crippen LogP contribution in [0.15, 0.2) is 0 Å². The Kier molecular flexibility index (Phi) is 21.9. The molecule has 0 aliphatic heterocycles. The van der Waals surface area contributed by atoms with E-state index in [1.807, 2.05) is 0 Å². The van der Waals surface area contributed by atoms with Crippen LogP contribution in [0, 0.1) is 0 Å². The number of hydrogen-bond donors (Lipinski definition) is 1. The molecule has 0 aliphatic carbocycles. The van der Waals surface area contributed by atoms with Crippen molar-refractivity contribution in [1.82, 2.24) is 0 Å². The standard InChI is InChI=1S/C22H42NO6P/c1-2-3-4-5-9-13-16-22(25)29-20(19-28-30-26)18-27-21(24)15-12-10-7-6-8-11-14-17-23/h20H,2-19,23H2,1H3/t20-/m1/s1. The van der Waals surface area contributed by atoms with Gasteiger partial charge in [-0.3, -0.25) is 14.1 Å². The van der Waals surface area contributed by atoms with Gasteiger partial charge in [0, 0.05) is 12.8 Å². The summed E-state index contributed by atoms with van der Waals surface area (Å²) in [5.41, 5.74) is 5.47. The molecular formula is C22H42NO6P. The van der Waals surface area contributed by atoms with E-state index in [0.29, 0.717) is 12.8 Å². The lowest BCUT2D eigenvalue weighted by atomic mass is 10.1. The fourth-order valence-electron chi connectivity index (χ4n) is 3.08. The predicted molar refractivity (Wildman–Crippen MR) is 118 cm³/mol. The second-order valence-corrected chi connectivity index (χ2v) is 8.10. The van der Waals surface area contributed by atoms with Crippen molar-refractivity contribution in [3.8, 4) is 0 Å². The van der Waals surface area contributed by atoms with Gasteiger partial charge in [-0.15, -0.1) is 0 Å². The molecule has 0 aromatic carbocycles. The number of hydrogen-bond acceptors (Lipinski definition) is 7. The van der Waals surface area contributed by atoms with E-state index < -0.39 is 14.8 Å². The Hall–Kier alpha value is -1.04. The molecule has 0 spiro atoms. The fourth-order valence-corrected chi connectivity index (χ4v) is 3.31. The van der Waals surface area contributed by atoms with E-state index in [4.69, 9.17) is 19.7 Å². The van der Waals surface area contributed by atoms with Crippen molar-refractivity contribution in [3.05, 3.63) is 0 Å². The van der Waals surface area contributed by atoms with Crippen LogP contribution in [0.25, 0.3) is 0 Å². The van der Waals surface area contributed by atoms with Gasteiger partial charge in [-0.2, -0.15) is 0 Å². The highest BCUT2D eigenvalue weighted by Crippen LogP contribution is 2.11. The van der Waals surface area contributed by atoms with Crippen molar-refractivity contribution < 1.29 is 28.2 Å². The number of unbranched alkanes of at least 4 members (excludes halogenated alkanes) is 11. The Labute approximate surface area is 184 Å². The van der Waals surface area contributed by atoms with Crippen LogP contribution in [0.2, 0.25) is 0 Å². The van der Waals surface area contributed by atoms with E-state index >= 15 is 0 Å². The highest BCUT2D eigenvalue weighted by molar-refractivity contribution is 7.17. The zero-order valence-corrected chi connectivity index (χ0v) is 19.7. The van der Waals surface area contributed by atoms with Crippen molar-refractivity contribution in [2.75, 3.05) is 19.8 Å². The predicted octanol–water partition coefficient (Wildman–Crippen LogP) is 5.49. The molecule has 7 nitrogen and oxygen atoms in total. The molecule has 0 fully saturated rings. The van der Waals surface area contributed by atoms with Crippen LogP contribution in [0.5, 0.6) is 0 Å². The Balaban J connectivity index is 3.91. The SMILES string of the molecule is CCCCCCCCC(=O)O[C@@H](COP=O)COC(=O)CCCCCCCCCN. The lowest BCUT2D eigenvalue weighted by Gasteiger charge is -2.16. The summed E-state index contributed by atoms with van der Waals surface area (Å²) < 4.78 is 25.9. The number of ether oxygens (including phenoxy) is 2. The summed E-state index contributed by atoms with van der Waals surface area (Å²) in [4.78, 5) is 23.9. The van der Waals surface area contributed by atoms with Crippen LogP contribution in [0.4, 0.5) is 0 Å². The van der Waals surface area contributed by atoms with Gasteiger partial charge in [-0.25, -0.2) is 4.57 Å². The van der Waals surface area contributed by atoms with Gasteiger partial charge in [0.25, 0.3) is 0 Å². The van der Waals surface area contributed by atoms with Gasteiger partial charge in [-0.05, 0) is 25.8 Å². The second kappa shape index (κ2) is 22.6. The third kappa shape index (κ3) is 20.2. The molecule has 0 unspecified atom stereocenters. The number of carbonyl (C=O) groups excluding carboxylic acids is 2. The maximum atomic E-state index is 12.0. The van der Waals surface area contributed by atoms with Gasteiger partial charge in [0.15, 0.2) is 6.10 Å². The largest absolute Gasteiger partial charge is 0.462 e. The molecule has 8 heteroatoms. The van der Waals surface area contributed by atoms with E-state index in [9.17, 15) is 14.2 Å². The minimum atomic E-state index is -0.731. The third-order valence-electron chi connectivity index (χ3n) is 4.86. The van der Waals surface area contributed by atoms with Gasteiger partial charge >= 0.3 is 20.6 Å². The minimum absolute atomic E-state index is 0.0661. The van der Waals surface area contributed by atoms with E-state index in [2.05, 4.69) is 6.92 Å². The number of nitrogens with two attached hydrogens (primary N) is 1. The molecule has 0 heterocycles. The summed E-state index contributed by atoms with van der Waals surface area (Å²) in [7, 11) is -0.492. The molecule has 0 aliphatic rings. The van der Waals surface area contributed by atoms with E-state index in [1.165, 1.54) is 32.1 Å². The monoisotopic (exact) mass is 447 g/mol. The van der Waals surface area contributed by atoms with Crippen LogP contribution < -0.4 is 5.73 Å². The lowest BCUT2D eigenvalue weighted by Crippen LogP contribution is -2.28. The normalized spacial score (nSPS) is 12.1. The van der Waals surface area contributed by atoms with Gasteiger partial charge in [0.1, 0.15) is 13.2 Å². The number of esters is 2. The Morgan fingerprint density at radius 3 is 1.87 bits per heavy atom. The summed E-state index contributed by atoms with van der Waals surface area (Å²) in [6.07, 6.45) is 13.9. The minimum Gasteiger partial charge on any atom is -0.462 e. The van der Waals surface area contributed by atoms with Crippen molar-refractivity contribution in [1.29, 1.82) is 0 Å². The van der Waals surface area contributed by atoms with Crippen molar-refractivity contribution >= 4 is 20.6 Å². The van der Waals surface area contributed by atoms with Crippen LogP contribution in [0.3, 0.4) is 0 Å². The molecule has 2 N–H and O–H groups in total. The first-order chi connectivity index (χ1) is 14.6. The highest BCUT2D eigenvalue weighted by Gasteiger charge is 2.17. The zero-order chi connectivity index (χ0) is 22.3. The van der Waals surface area contributed by atoms with Gasteiger partial charge in [-0.1, -0.05) is 71.1 Å². The topological polar surface area (TPSA) is 105 Å². The Morgan fingerprint density at radius 1 is 0.767 bits per heavy atom. The summed E-state index contributed by atoms with van der Waals surface area (Å²) in [5, 5.41) is 0. The molecule has 0 radical (unpaired) electrons. The maximum Gasteiger partial charge on any atom is 0.327 e. The number of carbonyl (C=O) groups is 2. The van der Waals surface area contributed by atoms with E-state index in [-0.39, 0.29) is 25.2 Å². The Bertz CT molecular complexity index is 436. The van der Waals surface area contributed by atoms with Crippen molar-refractivity contribution in [2.24, 2.45) is 5.73 Å². The maximum absolute atomic E-state index is 12.0. The average Bonchev–Trinajstić information content (AvgIpc) is 2.74. The van der Waals surface area contributed by atoms with Crippen molar-refractivity contribution in [3.63, 3.8) is 0 Å². The van der Waals surface area contributed by atoms with Crippen LogP contribution in [-0.4, -0.2) is 37.8 Å². The molecule has 0 amide bonds. The molecular weight excluding hydrogens is 405 g/mol. The van der Waals surface area contributed by atoms with Crippen LogP contribution in [-0.2, 0) is 28.2 Å². The summed E-state index contributed by atoms with van der Waals surface area (Å²) >= 11 is 0. The van der Waals surface area contributed by atoms with Crippen LogP contribution in [0.1, 0.15) is 103 Å². The molecule has 0 rings (SSSR count). The molecule has 30 heavy (non-hydrogen) atoms. The molecule has 0 saturated carbocycles. The third-order valence-corrected chi connectivity index (χ3v) is 5.12. The van der Waals surface area contributed by atoms with Crippen molar-refractivity contribution in [2.45, 2.75) is 109 Å². The van der Waals surface area contributed by atoms with Gasteiger partial charge in [0.05, 0.1) is 0 Å². The summed E-state index contributed by atoms with van der Waals surface area (Å²) in [6.45, 7) is 2.78. The smallest absolute Gasteiger partial charge is 0.327 e. The molecule has 1 atom stereocenters. The zero-order valence-electron chi connectivity index (χ0n) is 18.8. The molecule has 176 valence electrons. The first-order valence-electron chi connectivity index (χ1n) is 11.6. The molecule has 0 saturated heterocycles. The molecule has 0 aromatic rings. The molecule has 0 bridgehead atoms. The highest BCUT2D eigenvalue weighted by atomic mass is 31.1. The van der Waals surface area contributed by atoms with Gasteiger partial charge in [0.2, 0.25) is 0 Å². The number of rotatable bonds is 22. The average molecular weight is 448 g/mol. The van der Waals surface area contributed by atoms with Gasteiger partial charge < -0.3 is 15.2 Å². The van der Waals surface area contributed by atoms with E-state index in [1.54, 1.807) is 0 Å². The lowest BCUT2D eigenvalue weighted by molar-refractivity contribution is -0.160.